The molecule has 2 heterocycles. The first-order valence-corrected chi connectivity index (χ1v) is 9.02. The Bertz CT molecular complexity index is 789. The fourth-order valence-electron chi connectivity index (χ4n) is 2.35. The minimum atomic E-state index is -0.984. The van der Waals surface area contributed by atoms with Crippen LogP contribution in [0.2, 0.25) is 0 Å². The van der Waals surface area contributed by atoms with Crippen molar-refractivity contribution in [2.75, 3.05) is 11.1 Å². The second-order valence-electron chi connectivity index (χ2n) is 5.19. The van der Waals surface area contributed by atoms with E-state index in [-0.39, 0.29) is 18.2 Å². The Morgan fingerprint density at radius 3 is 2.88 bits per heavy atom. The highest BCUT2D eigenvalue weighted by Gasteiger charge is 2.21. The van der Waals surface area contributed by atoms with Gasteiger partial charge in [0.1, 0.15) is 0 Å². The molecule has 0 spiro atoms. The number of rotatable bonds is 5. The number of hydrogen-bond acceptors (Lipinski definition) is 5. The molecule has 24 heavy (non-hydrogen) atoms. The third-order valence-electron chi connectivity index (χ3n) is 3.45. The van der Waals surface area contributed by atoms with E-state index in [0.717, 1.165) is 9.77 Å². The van der Waals surface area contributed by atoms with Gasteiger partial charge in [-0.25, -0.2) is 0 Å². The number of fused-ring (bicyclic) bond motifs is 1. The van der Waals surface area contributed by atoms with Gasteiger partial charge in [0.05, 0.1) is 23.9 Å². The smallest absolute Gasteiger partial charge is 0.305 e. The van der Waals surface area contributed by atoms with Gasteiger partial charge in [-0.2, -0.15) is 0 Å². The van der Waals surface area contributed by atoms with Gasteiger partial charge in [0, 0.05) is 15.3 Å². The number of anilines is 1. The molecule has 8 heteroatoms. The van der Waals surface area contributed by atoms with Gasteiger partial charge in [0.15, 0.2) is 0 Å². The first-order chi connectivity index (χ1) is 11.5. The van der Waals surface area contributed by atoms with Gasteiger partial charge in [-0.15, -0.1) is 23.1 Å². The summed E-state index contributed by atoms with van der Waals surface area (Å²) >= 11 is 2.81. The lowest BCUT2D eigenvalue weighted by atomic mass is 10.1. The van der Waals surface area contributed by atoms with Crippen LogP contribution in [0.5, 0.6) is 0 Å². The van der Waals surface area contributed by atoms with E-state index in [4.69, 9.17) is 5.11 Å². The topological polar surface area (TPSA) is 95.5 Å². The molecule has 3 rings (SSSR count). The summed E-state index contributed by atoms with van der Waals surface area (Å²) in [5, 5.41) is 16.4. The highest BCUT2D eigenvalue weighted by molar-refractivity contribution is 8.00. The second kappa shape index (κ2) is 7.06. The number of amides is 2. The third kappa shape index (κ3) is 3.77. The van der Waals surface area contributed by atoms with Crippen LogP contribution in [0.4, 0.5) is 5.69 Å². The molecule has 1 aromatic carbocycles. The van der Waals surface area contributed by atoms with E-state index in [1.54, 1.807) is 24.3 Å². The fourth-order valence-corrected chi connectivity index (χ4v) is 3.92. The lowest BCUT2D eigenvalue weighted by Gasteiger charge is -2.19. The van der Waals surface area contributed by atoms with Crippen molar-refractivity contribution in [3.8, 4) is 0 Å². The molecule has 0 aliphatic carbocycles. The standard InChI is InChI=1S/C16H14N2O4S2/c19-14-8-24-13-4-3-9(6-10(13)17-14)16(22)18-11(7-15(20)21)12-2-1-5-23-12/h1-6,11H,7-8H2,(H,17,19)(H,18,22)(H,20,21). The molecular formula is C16H14N2O4S2. The van der Waals surface area contributed by atoms with Crippen LogP contribution in [0, 0.1) is 0 Å². The Morgan fingerprint density at radius 2 is 2.17 bits per heavy atom. The normalized spacial score (nSPS) is 14.4. The maximum atomic E-state index is 12.5. The van der Waals surface area contributed by atoms with Gasteiger partial charge in [0.2, 0.25) is 5.91 Å². The Kier molecular flexibility index (Phi) is 4.86. The summed E-state index contributed by atoms with van der Waals surface area (Å²) in [4.78, 5) is 36.7. The Morgan fingerprint density at radius 1 is 1.33 bits per heavy atom. The molecule has 1 atom stereocenters. The molecule has 0 fully saturated rings. The minimum absolute atomic E-state index is 0.104. The summed E-state index contributed by atoms with van der Waals surface area (Å²) in [6, 6.07) is 8.09. The van der Waals surface area contributed by atoms with Gasteiger partial charge in [-0.05, 0) is 29.6 Å². The van der Waals surface area contributed by atoms with E-state index in [9.17, 15) is 14.4 Å². The predicted octanol–water partition coefficient (Wildman–Crippen LogP) is 2.74. The molecule has 6 nitrogen and oxygen atoms in total. The molecule has 1 unspecified atom stereocenters. The number of benzene rings is 1. The number of thioether (sulfide) groups is 1. The highest BCUT2D eigenvalue weighted by atomic mass is 32.2. The van der Waals surface area contributed by atoms with Crippen LogP contribution in [0.1, 0.15) is 27.7 Å². The van der Waals surface area contributed by atoms with Crippen LogP contribution in [-0.4, -0.2) is 28.6 Å². The monoisotopic (exact) mass is 362 g/mol. The van der Waals surface area contributed by atoms with E-state index < -0.39 is 12.0 Å². The number of carboxylic acid groups (broad SMARTS) is 1. The van der Waals surface area contributed by atoms with Crippen LogP contribution in [0.25, 0.3) is 0 Å². The van der Waals surface area contributed by atoms with Gasteiger partial charge >= 0.3 is 5.97 Å². The fraction of sp³-hybridized carbons (Fsp3) is 0.188. The zero-order valence-corrected chi connectivity index (χ0v) is 14.1. The van der Waals surface area contributed by atoms with Crippen molar-refractivity contribution in [2.24, 2.45) is 0 Å². The molecule has 3 N–H and O–H groups in total. The van der Waals surface area contributed by atoms with Crippen LogP contribution < -0.4 is 10.6 Å². The lowest BCUT2D eigenvalue weighted by molar-refractivity contribution is -0.137. The van der Waals surface area contributed by atoms with Crippen molar-refractivity contribution in [1.29, 1.82) is 0 Å². The number of nitrogens with one attached hydrogen (secondary N) is 2. The molecule has 0 bridgehead atoms. The van der Waals surface area contributed by atoms with Gasteiger partial charge in [0.25, 0.3) is 5.91 Å². The van der Waals surface area contributed by atoms with E-state index in [1.165, 1.54) is 23.1 Å². The lowest BCUT2D eigenvalue weighted by Crippen LogP contribution is -2.30. The number of carboxylic acids is 1. The van der Waals surface area contributed by atoms with E-state index >= 15 is 0 Å². The molecule has 0 saturated carbocycles. The van der Waals surface area contributed by atoms with Crippen molar-refractivity contribution < 1.29 is 19.5 Å². The van der Waals surface area contributed by atoms with E-state index in [0.29, 0.717) is 17.0 Å². The summed E-state index contributed by atoms with van der Waals surface area (Å²) in [5.41, 5.74) is 0.985. The van der Waals surface area contributed by atoms with E-state index in [1.807, 2.05) is 11.4 Å². The average Bonchev–Trinajstić information content (AvgIpc) is 3.07. The van der Waals surface area contributed by atoms with Crippen LogP contribution in [0.15, 0.2) is 40.6 Å². The number of carbonyl (C=O) groups is 3. The molecule has 1 aliphatic heterocycles. The van der Waals surface area contributed by atoms with Crippen LogP contribution in [-0.2, 0) is 9.59 Å². The van der Waals surface area contributed by atoms with Crippen molar-refractivity contribution in [2.45, 2.75) is 17.4 Å². The molecule has 0 saturated heterocycles. The predicted molar refractivity (Wildman–Crippen MR) is 92.6 cm³/mol. The van der Waals surface area contributed by atoms with Gasteiger partial charge < -0.3 is 15.7 Å². The summed E-state index contributed by atoms with van der Waals surface area (Å²) in [6.07, 6.45) is -0.191. The minimum Gasteiger partial charge on any atom is -0.481 e. The van der Waals surface area contributed by atoms with Gasteiger partial charge in [-0.3, -0.25) is 14.4 Å². The largest absolute Gasteiger partial charge is 0.481 e. The molecule has 1 aliphatic rings. The first-order valence-electron chi connectivity index (χ1n) is 7.15. The Hall–Kier alpha value is -2.32. The Labute approximate surface area is 146 Å². The maximum Gasteiger partial charge on any atom is 0.305 e. The summed E-state index contributed by atoms with van der Waals surface area (Å²) in [6.45, 7) is 0. The average molecular weight is 362 g/mol. The first kappa shape index (κ1) is 16.5. The summed E-state index contributed by atoms with van der Waals surface area (Å²) < 4.78 is 0. The summed E-state index contributed by atoms with van der Waals surface area (Å²) in [5.74, 6) is -1.10. The highest BCUT2D eigenvalue weighted by Crippen LogP contribution is 2.32. The zero-order chi connectivity index (χ0) is 17.1. The number of carbonyl (C=O) groups excluding carboxylic acids is 2. The van der Waals surface area contributed by atoms with Crippen molar-refractivity contribution in [1.82, 2.24) is 5.32 Å². The molecule has 2 aromatic rings. The molecule has 0 radical (unpaired) electrons. The molecule has 1 aromatic heterocycles. The zero-order valence-electron chi connectivity index (χ0n) is 12.4. The van der Waals surface area contributed by atoms with Crippen LogP contribution >= 0.6 is 23.1 Å². The summed E-state index contributed by atoms with van der Waals surface area (Å²) in [7, 11) is 0. The van der Waals surface area contributed by atoms with Crippen LogP contribution in [0.3, 0.4) is 0 Å². The SMILES string of the molecule is O=C(O)CC(NC(=O)c1ccc2c(c1)NC(=O)CS2)c1cccs1. The molecular weight excluding hydrogens is 348 g/mol. The third-order valence-corrected chi connectivity index (χ3v) is 5.50. The Balaban J connectivity index is 1.79. The maximum absolute atomic E-state index is 12.5. The van der Waals surface area contributed by atoms with Crippen molar-refractivity contribution in [3.05, 3.63) is 46.2 Å². The molecule has 124 valence electrons. The van der Waals surface area contributed by atoms with Crippen molar-refractivity contribution in [3.63, 3.8) is 0 Å². The second-order valence-corrected chi connectivity index (χ2v) is 7.18. The number of hydrogen-bond donors (Lipinski definition) is 3. The number of aliphatic carboxylic acids is 1. The number of thiophene rings is 1. The van der Waals surface area contributed by atoms with Gasteiger partial charge in [-0.1, -0.05) is 6.07 Å². The van der Waals surface area contributed by atoms with E-state index in [2.05, 4.69) is 10.6 Å². The van der Waals surface area contributed by atoms with Crippen molar-refractivity contribution >= 4 is 46.6 Å². The quantitative estimate of drug-likeness (QED) is 0.760. The molecule has 2 amide bonds.